The summed E-state index contributed by atoms with van der Waals surface area (Å²) < 4.78 is 85.4. The number of nitrogens with one attached hydrogen (secondary N) is 2. The van der Waals surface area contributed by atoms with Crippen LogP contribution in [0.15, 0.2) is 67.0 Å². The molecular formula is C32H32F6N4O5. The molecular weight excluding hydrogens is 634 g/mol. The van der Waals surface area contributed by atoms with Crippen LogP contribution >= 0.6 is 0 Å². The summed E-state index contributed by atoms with van der Waals surface area (Å²) in [6, 6.07) is 8.55. The number of nitrogens with zero attached hydrogens (tertiary/aromatic N) is 2. The van der Waals surface area contributed by atoms with Gasteiger partial charge in [-0.2, -0.15) is 26.3 Å². The van der Waals surface area contributed by atoms with Crippen LogP contribution in [-0.4, -0.2) is 45.4 Å². The highest BCUT2D eigenvalue weighted by Crippen LogP contribution is 2.43. The second kappa shape index (κ2) is 14.0. The lowest BCUT2D eigenvalue weighted by atomic mass is 9.75. The molecule has 4 rings (SSSR count). The van der Waals surface area contributed by atoms with Crippen molar-refractivity contribution in [1.29, 1.82) is 0 Å². The van der Waals surface area contributed by atoms with Crippen molar-refractivity contribution in [3.63, 3.8) is 0 Å². The third-order valence-electron chi connectivity index (χ3n) is 7.84. The highest BCUT2D eigenvalue weighted by molar-refractivity contribution is 5.98. The van der Waals surface area contributed by atoms with E-state index in [0.717, 1.165) is 5.56 Å². The topological polar surface area (TPSA) is 121 Å². The van der Waals surface area contributed by atoms with Crippen molar-refractivity contribution in [3.05, 3.63) is 89.2 Å². The molecule has 9 nitrogen and oxygen atoms in total. The molecule has 2 heterocycles. The fourth-order valence-electron chi connectivity index (χ4n) is 5.52. The summed E-state index contributed by atoms with van der Waals surface area (Å²) in [5.74, 6) is -2.74. The Balaban J connectivity index is 1.66. The highest BCUT2D eigenvalue weighted by atomic mass is 19.4. The molecule has 1 aliphatic heterocycles. The van der Waals surface area contributed by atoms with Gasteiger partial charge in [0.25, 0.3) is 5.91 Å². The first-order valence-electron chi connectivity index (χ1n) is 14.5. The van der Waals surface area contributed by atoms with E-state index in [9.17, 15) is 45.9 Å². The summed E-state index contributed by atoms with van der Waals surface area (Å²) in [5.41, 5.74) is -1.93. The Bertz CT molecular complexity index is 1550. The second-order valence-corrected chi connectivity index (χ2v) is 11.6. The number of carbonyl (C=O) groups excluding carboxylic acids is 3. The lowest BCUT2D eigenvalue weighted by Gasteiger charge is -2.32. The van der Waals surface area contributed by atoms with E-state index in [2.05, 4.69) is 10.3 Å². The van der Waals surface area contributed by atoms with E-state index in [1.54, 1.807) is 30.0 Å². The molecule has 1 fully saturated rings. The van der Waals surface area contributed by atoms with Gasteiger partial charge in [-0.3, -0.25) is 24.6 Å². The van der Waals surface area contributed by atoms with E-state index >= 15 is 0 Å². The molecule has 252 valence electrons. The van der Waals surface area contributed by atoms with Crippen LogP contribution in [0.3, 0.4) is 0 Å². The van der Waals surface area contributed by atoms with Crippen molar-refractivity contribution in [3.8, 4) is 11.5 Å². The number of benzene rings is 2. The SMILES string of the molecule is CC(C)CC(C(=O)NO)N1CCC(CC(=O)NCc2ccncc2)(c2ccc(Oc3cc(C(F)(F)F)cc(C(F)(F)F)c3)cc2)C1=O. The van der Waals surface area contributed by atoms with E-state index in [4.69, 9.17) is 4.74 Å². The molecule has 3 N–H and O–H groups in total. The summed E-state index contributed by atoms with van der Waals surface area (Å²) in [6.07, 6.45) is -7.07. The minimum Gasteiger partial charge on any atom is -0.457 e. The van der Waals surface area contributed by atoms with Gasteiger partial charge in [0.2, 0.25) is 11.8 Å². The lowest BCUT2D eigenvalue weighted by molar-refractivity contribution is -0.145. The lowest BCUT2D eigenvalue weighted by Crippen LogP contribution is -2.51. The molecule has 2 atom stereocenters. The molecule has 0 bridgehead atoms. The molecule has 3 amide bonds. The molecule has 2 unspecified atom stereocenters. The number of pyridine rings is 1. The first kappa shape index (κ1) is 35.2. The van der Waals surface area contributed by atoms with Gasteiger partial charge in [-0.05, 0) is 72.4 Å². The zero-order valence-corrected chi connectivity index (χ0v) is 25.3. The second-order valence-electron chi connectivity index (χ2n) is 11.6. The number of halogens is 6. The zero-order valence-electron chi connectivity index (χ0n) is 25.3. The Labute approximate surface area is 265 Å². The van der Waals surface area contributed by atoms with E-state index < -0.39 is 58.4 Å². The predicted molar refractivity (Wildman–Crippen MR) is 155 cm³/mol. The molecule has 0 aliphatic carbocycles. The molecule has 1 aliphatic rings. The zero-order chi connectivity index (χ0) is 34.6. The van der Waals surface area contributed by atoms with Gasteiger partial charge in [0.15, 0.2) is 0 Å². The number of aromatic nitrogens is 1. The van der Waals surface area contributed by atoms with E-state index in [1.807, 2.05) is 13.8 Å². The van der Waals surface area contributed by atoms with Crippen molar-refractivity contribution in [1.82, 2.24) is 20.7 Å². The van der Waals surface area contributed by atoms with Crippen LogP contribution in [0, 0.1) is 5.92 Å². The maximum Gasteiger partial charge on any atom is 0.416 e. The van der Waals surface area contributed by atoms with Gasteiger partial charge in [0, 0.05) is 31.9 Å². The molecule has 47 heavy (non-hydrogen) atoms. The van der Waals surface area contributed by atoms with Crippen LogP contribution < -0.4 is 15.5 Å². The fourth-order valence-corrected chi connectivity index (χ4v) is 5.52. The maximum absolute atomic E-state index is 14.2. The van der Waals surface area contributed by atoms with Crippen molar-refractivity contribution in [2.24, 2.45) is 5.92 Å². The van der Waals surface area contributed by atoms with Crippen LogP contribution in [0.2, 0.25) is 0 Å². The molecule has 1 saturated heterocycles. The number of hydrogen-bond donors (Lipinski definition) is 3. The van der Waals surface area contributed by atoms with E-state index in [-0.39, 0.29) is 50.1 Å². The Morgan fingerprint density at radius 2 is 1.55 bits per heavy atom. The molecule has 1 aromatic heterocycles. The van der Waals surface area contributed by atoms with Crippen LogP contribution in [0.25, 0.3) is 0 Å². The molecule has 3 aromatic rings. The van der Waals surface area contributed by atoms with Gasteiger partial charge >= 0.3 is 12.4 Å². The number of hydrogen-bond acceptors (Lipinski definition) is 6. The molecule has 0 spiro atoms. The fraction of sp³-hybridized carbons (Fsp3) is 0.375. The summed E-state index contributed by atoms with van der Waals surface area (Å²) in [6.45, 7) is 3.86. The summed E-state index contributed by atoms with van der Waals surface area (Å²) >= 11 is 0. The highest BCUT2D eigenvalue weighted by Gasteiger charge is 2.52. The normalized spacial score (nSPS) is 17.5. The summed E-state index contributed by atoms with van der Waals surface area (Å²) in [4.78, 5) is 45.2. The average Bonchev–Trinajstić information content (AvgIpc) is 3.34. The predicted octanol–water partition coefficient (Wildman–Crippen LogP) is 6.01. The Hall–Kier alpha value is -4.66. The van der Waals surface area contributed by atoms with E-state index in [0.29, 0.717) is 17.7 Å². The Morgan fingerprint density at radius 1 is 0.957 bits per heavy atom. The summed E-state index contributed by atoms with van der Waals surface area (Å²) in [7, 11) is 0. The minimum atomic E-state index is -5.07. The third kappa shape index (κ3) is 8.39. The van der Waals surface area contributed by atoms with Gasteiger partial charge in [0.05, 0.1) is 16.5 Å². The number of carbonyl (C=O) groups is 3. The van der Waals surface area contributed by atoms with Crippen molar-refractivity contribution in [2.45, 2.75) is 63.5 Å². The van der Waals surface area contributed by atoms with Crippen LogP contribution in [0.5, 0.6) is 11.5 Å². The van der Waals surface area contributed by atoms with E-state index in [1.165, 1.54) is 29.2 Å². The van der Waals surface area contributed by atoms with Crippen molar-refractivity contribution < 1.29 is 50.7 Å². The van der Waals surface area contributed by atoms with Crippen molar-refractivity contribution >= 4 is 17.7 Å². The largest absolute Gasteiger partial charge is 0.457 e. The third-order valence-corrected chi connectivity index (χ3v) is 7.84. The van der Waals surface area contributed by atoms with Gasteiger partial charge in [-0.15, -0.1) is 0 Å². The molecule has 0 saturated carbocycles. The quantitative estimate of drug-likeness (QED) is 0.131. The van der Waals surface area contributed by atoms with Gasteiger partial charge in [-0.1, -0.05) is 26.0 Å². The van der Waals surface area contributed by atoms with Gasteiger partial charge in [-0.25, -0.2) is 5.48 Å². The van der Waals surface area contributed by atoms with Gasteiger partial charge in [0.1, 0.15) is 17.5 Å². The van der Waals surface area contributed by atoms with Crippen molar-refractivity contribution in [2.75, 3.05) is 6.54 Å². The van der Waals surface area contributed by atoms with Gasteiger partial charge < -0.3 is 15.0 Å². The Kier molecular flexibility index (Phi) is 10.5. The minimum absolute atomic E-state index is 0.0134. The van der Waals surface area contributed by atoms with Crippen LogP contribution in [0.4, 0.5) is 26.3 Å². The molecule has 2 aromatic carbocycles. The van der Waals surface area contributed by atoms with Crippen LogP contribution in [0.1, 0.15) is 55.4 Å². The number of rotatable bonds is 11. The summed E-state index contributed by atoms with van der Waals surface area (Å²) in [5, 5.41) is 12.1. The number of ether oxygens (including phenoxy) is 1. The number of alkyl halides is 6. The average molecular weight is 667 g/mol. The number of hydroxylamine groups is 1. The maximum atomic E-state index is 14.2. The molecule has 15 heteroatoms. The Morgan fingerprint density at radius 3 is 2.09 bits per heavy atom. The number of likely N-dealkylation sites (tertiary alicyclic amines) is 1. The first-order valence-corrected chi connectivity index (χ1v) is 14.5. The number of amides is 3. The monoisotopic (exact) mass is 666 g/mol. The molecule has 0 radical (unpaired) electrons. The standard InChI is InChI=1S/C32H32F6N4O5/c1-19(2)13-26(28(44)41-46)42-12-9-30(29(42)45,17-27(43)40-18-20-7-10-39-11-8-20)21-3-5-24(6-4-21)47-25-15-22(31(33,34)35)14-23(16-25)32(36,37)38/h3-8,10-11,14-16,19,26,46H,9,12-13,17-18H2,1-2H3,(H,40,43)(H,41,44). The smallest absolute Gasteiger partial charge is 0.416 e. The van der Waals surface area contributed by atoms with Crippen LogP contribution in [-0.2, 0) is 38.7 Å². The first-order chi connectivity index (χ1) is 22.0.